The molecule has 0 radical (unpaired) electrons. The Bertz CT molecular complexity index is 944. The molecule has 38 heavy (non-hydrogen) atoms. The van der Waals surface area contributed by atoms with Gasteiger partial charge in [-0.2, -0.15) is 17.6 Å². The summed E-state index contributed by atoms with van der Waals surface area (Å²) in [4.78, 5) is 0. The molecule has 4 rings (SSSR count). The second kappa shape index (κ2) is 13.7. The molecule has 2 saturated carbocycles. The normalized spacial score (nSPS) is 24.4. The van der Waals surface area contributed by atoms with Crippen LogP contribution in [-0.2, 0) is 6.11 Å². The minimum atomic E-state index is -3.53. The van der Waals surface area contributed by atoms with Crippen molar-refractivity contribution in [3.8, 4) is 11.5 Å². The summed E-state index contributed by atoms with van der Waals surface area (Å²) in [6.45, 7) is -0.686. The van der Waals surface area contributed by atoms with Crippen molar-refractivity contribution in [2.75, 3.05) is 0 Å². The van der Waals surface area contributed by atoms with Crippen molar-refractivity contribution in [1.82, 2.24) is 0 Å². The molecule has 2 fully saturated rings. The standard InChI is InChI=1S/C32H42F4O2/c1-2-3-4-23-5-7-24(8-6-23)9-10-25-11-13-26(14-12-25)27-15-17-28(18-16-27)32(35,36)38-30-21-19-29(20-22-30)37-31(33)34/h15-26,31H,2-14H2,1H3. The van der Waals surface area contributed by atoms with Crippen LogP contribution in [0.25, 0.3) is 0 Å². The molecule has 2 nitrogen and oxygen atoms in total. The Labute approximate surface area is 225 Å². The molecule has 210 valence electrons. The largest absolute Gasteiger partial charge is 0.435 e. The van der Waals surface area contributed by atoms with Gasteiger partial charge in [-0.25, -0.2) is 0 Å². The predicted molar refractivity (Wildman–Crippen MR) is 143 cm³/mol. The lowest BCUT2D eigenvalue weighted by Gasteiger charge is -2.32. The van der Waals surface area contributed by atoms with Gasteiger partial charge in [-0.15, -0.1) is 0 Å². The zero-order valence-electron chi connectivity index (χ0n) is 22.5. The summed E-state index contributed by atoms with van der Waals surface area (Å²) in [6.07, 6.45) is 13.7. The van der Waals surface area contributed by atoms with E-state index in [0.717, 1.165) is 36.2 Å². The number of halogens is 4. The molecule has 0 aliphatic heterocycles. The number of hydrogen-bond donors (Lipinski definition) is 0. The lowest BCUT2D eigenvalue weighted by molar-refractivity contribution is -0.185. The van der Waals surface area contributed by atoms with Gasteiger partial charge in [0.1, 0.15) is 11.5 Å². The van der Waals surface area contributed by atoms with Crippen LogP contribution < -0.4 is 9.47 Å². The molecule has 0 heterocycles. The van der Waals surface area contributed by atoms with E-state index in [9.17, 15) is 17.6 Å². The van der Waals surface area contributed by atoms with Crippen LogP contribution in [0.5, 0.6) is 11.5 Å². The van der Waals surface area contributed by atoms with Crippen molar-refractivity contribution >= 4 is 0 Å². The molecule has 2 aliphatic rings. The van der Waals surface area contributed by atoms with E-state index >= 15 is 0 Å². The molecule has 2 aromatic rings. The average molecular weight is 535 g/mol. The number of unbranched alkanes of at least 4 members (excludes halogenated alkanes) is 1. The predicted octanol–water partition coefficient (Wildman–Crippen LogP) is 10.5. The van der Waals surface area contributed by atoms with E-state index in [1.54, 1.807) is 12.1 Å². The first-order valence-electron chi connectivity index (χ1n) is 14.5. The number of alkyl halides is 4. The fourth-order valence-electron chi connectivity index (χ4n) is 6.40. The van der Waals surface area contributed by atoms with Crippen molar-refractivity contribution < 1.29 is 27.0 Å². The Morgan fingerprint density at radius 3 is 1.74 bits per heavy atom. The Hall–Kier alpha value is -2.24. The lowest BCUT2D eigenvalue weighted by atomic mass is 9.74. The summed E-state index contributed by atoms with van der Waals surface area (Å²) in [5.41, 5.74) is 0.883. The summed E-state index contributed by atoms with van der Waals surface area (Å²) in [5, 5.41) is 0. The summed E-state index contributed by atoms with van der Waals surface area (Å²) in [6, 6.07) is 11.2. The van der Waals surface area contributed by atoms with Crippen molar-refractivity contribution in [2.45, 2.75) is 109 Å². The molecule has 0 spiro atoms. The van der Waals surface area contributed by atoms with Crippen molar-refractivity contribution in [3.05, 3.63) is 59.7 Å². The Kier molecular flexibility index (Phi) is 10.4. The SMILES string of the molecule is CCCCC1CCC(CCC2CCC(c3ccc(C(F)(F)Oc4ccc(OC(F)F)cc4)cc3)CC2)CC1. The quantitative estimate of drug-likeness (QED) is 0.252. The summed E-state index contributed by atoms with van der Waals surface area (Å²) >= 11 is 0. The first kappa shape index (κ1) is 28.8. The molecule has 0 amide bonds. The van der Waals surface area contributed by atoms with Gasteiger partial charge in [-0.1, -0.05) is 76.8 Å². The third-order valence-corrected chi connectivity index (χ3v) is 8.78. The van der Waals surface area contributed by atoms with Crippen LogP contribution in [0.1, 0.15) is 107 Å². The monoisotopic (exact) mass is 534 g/mol. The molecule has 0 bridgehead atoms. The van der Waals surface area contributed by atoms with E-state index in [4.69, 9.17) is 4.74 Å². The van der Waals surface area contributed by atoms with Crippen LogP contribution >= 0.6 is 0 Å². The minimum absolute atomic E-state index is 0.111. The van der Waals surface area contributed by atoms with E-state index in [0.29, 0.717) is 5.92 Å². The first-order chi connectivity index (χ1) is 18.3. The van der Waals surface area contributed by atoms with Crippen LogP contribution in [-0.4, -0.2) is 6.61 Å². The molecule has 0 atom stereocenters. The molecular weight excluding hydrogens is 492 g/mol. The van der Waals surface area contributed by atoms with E-state index in [1.807, 2.05) is 0 Å². The Balaban J connectivity index is 1.20. The second-order valence-corrected chi connectivity index (χ2v) is 11.4. The Morgan fingerprint density at radius 2 is 1.21 bits per heavy atom. The third kappa shape index (κ3) is 8.38. The molecular formula is C32H42F4O2. The van der Waals surface area contributed by atoms with Gasteiger partial charge in [0.15, 0.2) is 0 Å². The fraction of sp³-hybridized carbons (Fsp3) is 0.625. The van der Waals surface area contributed by atoms with Gasteiger partial charge in [0.25, 0.3) is 0 Å². The first-order valence-corrected chi connectivity index (χ1v) is 14.5. The van der Waals surface area contributed by atoms with Gasteiger partial charge in [-0.05, 0) is 91.3 Å². The third-order valence-electron chi connectivity index (χ3n) is 8.78. The number of hydrogen-bond acceptors (Lipinski definition) is 2. The highest BCUT2D eigenvalue weighted by atomic mass is 19.3. The smallest absolute Gasteiger partial charge is 0.426 e. The molecule has 0 N–H and O–H groups in total. The van der Waals surface area contributed by atoms with E-state index in [2.05, 4.69) is 11.7 Å². The van der Waals surface area contributed by atoms with Crippen LogP contribution in [0.2, 0.25) is 0 Å². The molecule has 0 saturated heterocycles. The molecule has 2 aliphatic carbocycles. The molecule has 0 aromatic heterocycles. The maximum absolute atomic E-state index is 14.7. The van der Waals surface area contributed by atoms with Crippen LogP contribution in [0.15, 0.2) is 48.5 Å². The maximum Gasteiger partial charge on any atom is 0.426 e. The number of rotatable bonds is 12. The van der Waals surface area contributed by atoms with Crippen molar-refractivity contribution in [2.24, 2.45) is 17.8 Å². The second-order valence-electron chi connectivity index (χ2n) is 11.4. The molecule has 0 unspecified atom stereocenters. The number of ether oxygens (including phenoxy) is 2. The van der Waals surface area contributed by atoms with E-state index in [-0.39, 0.29) is 17.1 Å². The lowest BCUT2D eigenvalue weighted by Crippen LogP contribution is -2.22. The summed E-state index contributed by atoms with van der Waals surface area (Å²) < 4.78 is 63.1. The van der Waals surface area contributed by atoms with Gasteiger partial charge in [0.05, 0.1) is 5.56 Å². The minimum Gasteiger partial charge on any atom is -0.435 e. The van der Waals surface area contributed by atoms with Crippen molar-refractivity contribution in [3.63, 3.8) is 0 Å². The van der Waals surface area contributed by atoms with Gasteiger partial charge in [0.2, 0.25) is 0 Å². The van der Waals surface area contributed by atoms with Crippen LogP contribution in [0.3, 0.4) is 0 Å². The maximum atomic E-state index is 14.7. The van der Waals surface area contributed by atoms with E-state index < -0.39 is 12.7 Å². The molecule has 6 heteroatoms. The number of benzene rings is 2. The van der Waals surface area contributed by atoms with E-state index in [1.165, 1.54) is 107 Å². The van der Waals surface area contributed by atoms with Crippen LogP contribution in [0.4, 0.5) is 17.6 Å². The highest BCUT2D eigenvalue weighted by Crippen LogP contribution is 2.41. The summed E-state index contributed by atoms with van der Waals surface area (Å²) in [5.74, 6) is 2.89. The zero-order valence-corrected chi connectivity index (χ0v) is 22.5. The fourth-order valence-corrected chi connectivity index (χ4v) is 6.40. The van der Waals surface area contributed by atoms with Crippen LogP contribution in [0, 0.1) is 17.8 Å². The van der Waals surface area contributed by atoms with Crippen molar-refractivity contribution in [1.29, 1.82) is 0 Å². The van der Waals surface area contributed by atoms with Gasteiger partial charge in [-0.3, -0.25) is 0 Å². The highest BCUT2D eigenvalue weighted by Gasteiger charge is 2.35. The Morgan fingerprint density at radius 1 is 0.711 bits per heavy atom. The van der Waals surface area contributed by atoms with Gasteiger partial charge in [0, 0.05) is 0 Å². The average Bonchev–Trinajstić information content (AvgIpc) is 2.92. The van der Waals surface area contributed by atoms with Gasteiger partial charge >= 0.3 is 12.7 Å². The highest BCUT2D eigenvalue weighted by molar-refractivity contribution is 5.33. The molecule has 2 aromatic carbocycles. The topological polar surface area (TPSA) is 18.5 Å². The zero-order chi connectivity index (χ0) is 27.0. The summed E-state index contributed by atoms with van der Waals surface area (Å²) in [7, 11) is 0. The van der Waals surface area contributed by atoms with Gasteiger partial charge < -0.3 is 9.47 Å².